The van der Waals surface area contributed by atoms with E-state index in [1.165, 1.54) is 0 Å². The number of halogens is 2. The molecule has 1 aromatic carbocycles. The first kappa shape index (κ1) is 18.5. The molecule has 0 aliphatic rings. The first-order valence-electron chi connectivity index (χ1n) is 7.08. The van der Waals surface area contributed by atoms with Crippen molar-refractivity contribution in [3.63, 3.8) is 0 Å². The van der Waals surface area contributed by atoms with E-state index in [4.69, 9.17) is 27.9 Å². The molecule has 0 aliphatic carbocycles. The Kier molecular flexibility index (Phi) is 6.80. The molecule has 2 aromatic rings. The van der Waals surface area contributed by atoms with Gasteiger partial charge in [0.15, 0.2) is 6.61 Å². The fourth-order valence-corrected chi connectivity index (χ4v) is 3.29. The van der Waals surface area contributed by atoms with Gasteiger partial charge in [-0.25, -0.2) is 4.79 Å². The second-order valence-electron chi connectivity index (χ2n) is 4.85. The lowest BCUT2D eigenvalue weighted by Crippen LogP contribution is -2.16. The van der Waals surface area contributed by atoms with Crippen LogP contribution in [0, 0.1) is 11.8 Å². The molecule has 1 heterocycles. The average molecular weight is 383 g/mol. The van der Waals surface area contributed by atoms with Crippen LogP contribution in [0.25, 0.3) is 0 Å². The monoisotopic (exact) mass is 382 g/mol. The quantitative estimate of drug-likeness (QED) is 0.716. The SMILES string of the molecule is CC#CCOC(=O)Nc1ccc(N(C)Cc2ccc(Cl)s2)cc1Cl. The molecule has 2 rings (SSSR count). The van der Waals surface area contributed by atoms with Crippen LogP contribution in [0.2, 0.25) is 9.36 Å². The molecule has 0 spiro atoms. The summed E-state index contributed by atoms with van der Waals surface area (Å²) in [5.41, 5.74) is 1.42. The molecule has 0 saturated heterocycles. The summed E-state index contributed by atoms with van der Waals surface area (Å²) in [4.78, 5) is 14.8. The van der Waals surface area contributed by atoms with Crippen LogP contribution in [0.15, 0.2) is 30.3 Å². The van der Waals surface area contributed by atoms with Gasteiger partial charge in [-0.1, -0.05) is 29.1 Å². The number of rotatable bonds is 5. The van der Waals surface area contributed by atoms with Crippen LogP contribution in [-0.4, -0.2) is 19.7 Å². The summed E-state index contributed by atoms with van der Waals surface area (Å²) >= 11 is 13.7. The van der Waals surface area contributed by atoms with Crippen LogP contribution < -0.4 is 10.2 Å². The summed E-state index contributed by atoms with van der Waals surface area (Å²) in [6.07, 6.45) is -0.589. The highest BCUT2D eigenvalue weighted by Crippen LogP contribution is 2.29. The van der Waals surface area contributed by atoms with Crippen molar-refractivity contribution in [3.8, 4) is 11.8 Å². The Morgan fingerprint density at radius 2 is 2.12 bits per heavy atom. The Morgan fingerprint density at radius 1 is 1.33 bits per heavy atom. The van der Waals surface area contributed by atoms with E-state index in [1.807, 2.05) is 30.1 Å². The Morgan fingerprint density at radius 3 is 2.75 bits per heavy atom. The van der Waals surface area contributed by atoms with Crippen LogP contribution in [0.3, 0.4) is 0 Å². The minimum Gasteiger partial charge on any atom is -0.436 e. The Bertz CT molecular complexity index is 780. The molecule has 7 heteroatoms. The van der Waals surface area contributed by atoms with Gasteiger partial charge in [-0.3, -0.25) is 5.32 Å². The van der Waals surface area contributed by atoms with Gasteiger partial charge in [0.05, 0.1) is 21.6 Å². The van der Waals surface area contributed by atoms with Crippen molar-refractivity contribution in [3.05, 3.63) is 44.6 Å². The molecule has 0 unspecified atom stereocenters. The highest BCUT2D eigenvalue weighted by atomic mass is 35.5. The van der Waals surface area contributed by atoms with E-state index in [9.17, 15) is 4.79 Å². The van der Waals surface area contributed by atoms with Crippen LogP contribution in [0.5, 0.6) is 0 Å². The zero-order chi connectivity index (χ0) is 17.5. The number of hydrogen-bond donors (Lipinski definition) is 1. The molecule has 0 bridgehead atoms. The Balaban J connectivity index is 2.00. The highest BCUT2D eigenvalue weighted by Gasteiger charge is 2.10. The zero-order valence-corrected chi connectivity index (χ0v) is 15.6. The lowest BCUT2D eigenvalue weighted by Gasteiger charge is -2.19. The van der Waals surface area contributed by atoms with Gasteiger partial charge in [-0.05, 0) is 37.3 Å². The number of carbonyl (C=O) groups excluding carboxylic acids is 1. The third kappa shape index (κ3) is 5.34. The summed E-state index contributed by atoms with van der Waals surface area (Å²) in [7, 11) is 1.96. The molecule has 0 aliphatic heterocycles. The van der Waals surface area contributed by atoms with Crippen molar-refractivity contribution >= 4 is 52.0 Å². The summed E-state index contributed by atoms with van der Waals surface area (Å²) in [5, 5.41) is 3.03. The molecule has 1 N–H and O–H groups in total. The molecular formula is C17H16Cl2N2O2S. The minimum atomic E-state index is -0.589. The topological polar surface area (TPSA) is 41.6 Å². The van der Waals surface area contributed by atoms with Gasteiger partial charge in [0.25, 0.3) is 0 Å². The number of hydrogen-bond acceptors (Lipinski definition) is 4. The number of anilines is 2. The van der Waals surface area contributed by atoms with Crippen LogP contribution >= 0.6 is 34.5 Å². The van der Waals surface area contributed by atoms with E-state index in [-0.39, 0.29) is 6.61 Å². The summed E-state index contributed by atoms with van der Waals surface area (Å²) in [6, 6.07) is 9.28. The van der Waals surface area contributed by atoms with E-state index in [0.29, 0.717) is 10.7 Å². The maximum atomic E-state index is 11.6. The molecule has 1 aromatic heterocycles. The molecule has 24 heavy (non-hydrogen) atoms. The summed E-state index contributed by atoms with van der Waals surface area (Å²) < 4.78 is 5.66. The smallest absolute Gasteiger partial charge is 0.412 e. The number of benzene rings is 1. The van der Waals surface area contributed by atoms with Gasteiger partial charge in [0.1, 0.15) is 0 Å². The highest BCUT2D eigenvalue weighted by molar-refractivity contribution is 7.16. The van der Waals surface area contributed by atoms with Gasteiger partial charge >= 0.3 is 6.09 Å². The van der Waals surface area contributed by atoms with Gasteiger partial charge in [0.2, 0.25) is 0 Å². The number of nitrogens with zero attached hydrogens (tertiary/aromatic N) is 1. The number of nitrogens with one attached hydrogen (secondary N) is 1. The van der Waals surface area contributed by atoms with Crippen molar-refractivity contribution < 1.29 is 9.53 Å². The lowest BCUT2D eigenvalue weighted by atomic mass is 10.2. The van der Waals surface area contributed by atoms with Crippen molar-refractivity contribution in [1.29, 1.82) is 0 Å². The van der Waals surface area contributed by atoms with Gasteiger partial charge in [-0.15, -0.1) is 17.3 Å². The molecule has 126 valence electrons. The Labute approximate surface area is 155 Å². The molecule has 0 radical (unpaired) electrons. The normalized spacial score (nSPS) is 9.83. The first-order valence-corrected chi connectivity index (χ1v) is 8.65. The van der Waals surface area contributed by atoms with Crippen molar-refractivity contribution in [1.82, 2.24) is 0 Å². The minimum absolute atomic E-state index is 0.0458. The fourth-order valence-electron chi connectivity index (χ4n) is 1.92. The lowest BCUT2D eigenvalue weighted by molar-refractivity contribution is 0.176. The number of carbonyl (C=O) groups is 1. The standard InChI is InChI=1S/C17H16Cl2N2O2S/c1-3-4-9-23-17(22)20-15-7-5-12(10-14(15)18)21(2)11-13-6-8-16(19)24-13/h5-8,10H,9,11H2,1-2H3,(H,20,22). The van der Waals surface area contributed by atoms with Crippen LogP contribution in [-0.2, 0) is 11.3 Å². The third-order valence-electron chi connectivity index (χ3n) is 3.10. The van der Waals surface area contributed by atoms with E-state index < -0.39 is 6.09 Å². The predicted octanol–water partition coefficient (Wildman–Crippen LogP) is 5.26. The summed E-state index contributed by atoms with van der Waals surface area (Å²) in [5.74, 6) is 5.29. The van der Waals surface area contributed by atoms with E-state index >= 15 is 0 Å². The molecular weight excluding hydrogens is 367 g/mol. The number of thiophene rings is 1. The van der Waals surface area contributed by atoms with E-state index in [1.54, 1.807) is 30.4 Å². The largest absolute Gasteiger partial charge is 0.436 e. The van der Waals surface area contributed by atoms with Crippen LogP contribution in [0.1, 0.15) is 11.8 Å². The fraction of sp³-hybridized carbons (Fsp3) is 0.235. The molecule has 0 atom stereocenters. The summed E-state index contributed by atoms with van der Waals surface area (Å²) in [6.45, 7) is 2.44. The van der Waals surface area contributed by atoms with E-state index in [2.05, 4.69) is 17.2 Å². The average Bonchev–Trinajstić information content (AvgIpc) is 2.94. The van der Waals surface area contributed by atoms with Gasteiger partial charge < -0.3 is 9.64 Å². The zero-order valence-electron chi connectivity index (χ0n) is 13.2. The van der Waals surface area contributed by atoms with Crippen molar-refractivity contribution in [2.75, 3.05) is 23.9 Å². The van der Waals surface area contributed by atoms with Crippen molar-refractivity contribution in [2.24, 2.45) is 0 Å². The van der Waals surface area contributed by atoms with Crippen molar-refractivity contribution in [2.45, 2.75) is 13.5 Å². The molecule has 0 fully saturated rings. The number of ether oxygens (including phenoxy) is 1. The maximum absolute atomic E-state index is 11.6. The Hall–Kier alpha value is -1.87. The number of amides is 1. The maximum Gasteiger partial charge on any atom is 0.412 e. The first-order chi connectivity index (χ1) is 11.5. The van der Waals surface area contributed by atoms with E-state index in [0.717, 1.165) is 21.4 Å². The predicted molar refractivity (Wildman–Crippen MR) is 101 cm³/mol. The second kappa shape index (κ2) is 8.84. The third-order valence-corrected chi connectivity index (χ3v) is 4.63. The molecule has 1 amide bonds. The van der Waals surface area contributed by atoms with Crippen LogP contribution in [0.4, 0.5) is 16.2 Å². The second-order valence-corrected chi connectivity index (χ2v) is 7.06. The van der Waals surface area contributed by atoms with Gasteiger partial charge in [-0.2, -0.15) is 0 Å². The molecule has 0 saturated carbocycles. The molecule has 4 nitrogen and oxygen atoms in total. The van der Waals surface area contributed by atoms with Gasteiger partial charge in [0, 0.05) is 17.6 Å².